The van der Waals surface area contributed by atoms with Crippen molar-refractivity contribution >= 4 is 0 Å². The number of rotatable bonds is 4. The van der Waals surface area contributed by atoms with Crippen molar-refractivity contribution in [1.29, 1.82) is 0 Å². The molecule has 1 aliphatic heterocycles. The second-order valence-corrected chi connectivity index (χ2v) is 5.26. The van der Waals surface area contributed by atoms with E-state index in [4.69, 9.17) is 0 Å². The smallest absolute Gasteiger partial charge is 0.124 e. The molecule has 1 aromatic rings. The first-order valence-corrected chi connectivity index (χ1v) is 6.50. The molecule has 100 valence electrons. The summed E-state index contributed by atoms with van der Waals surface area (Å²) in [6.07, 6.45) is 1.21. The molecule has 1 aliphatic rings. The highest BCUT2D eigenvalue weighted by Gasteiger charge is 2.21. The van der Waals surface area contributed by atoms with E-state index in [0.29, 0.717) is 11.5 Å². The van der Waals surface area contributed by atoms with Crippen molar-refractivity contribution < 1.29 is 10.2 Å². The molecule has 0 aromatic heterocycles. The van der Waals surface area contributed by atoms with Crippen molar-refractivity contribution in [1.82, 2.24) is 10.2 Å². The highest BCUT2D eigenvalue weighted by Crippen LogP contribution is 2.32. The molecule has 2 rings (SSSR count). The molecule has 4 heteroatoms. The number of benzene rings is 1. The maximum atomic E-state index is 9.79. The molecule has 18 heavy (non-hydrogen) atoms. The summed E-state index contributed by atoms with van der Waals surface area (Å²) in [6, 6.07) is 4.82. The van der Waals surface area contributed by atoms with Gasteiger partial charge < -0.3 is 20.4 Å². The fourth-order valence-electron chi connectivity index (χ4n) is 2.62. The standard InChI is InChI=1S/C14H22N2O2/c1-10(14-12(17)4-3-5-13(14)18)15-8-11-6-7-16(2)9-11/h3-5,10-11,15,17-18H,6-9H2,1-2H3. The molecule has 0 saturated carbocycles. The van der Waals surface area contributed by atoms with Crippen LogP contribution in [0.1, 0.15) is 24.9 Å². The van der Waals surface area contributed by atoms with Gasteiger partial charge in [-0.05, 0) is 51.5 Å². The van der Waals surface area contributed by atoms with E-state index in [9.17, 15) is 10.2 Å². The first kappa shape index (κ1) is 13.2. The van der Waals surface area contributed by atoms with Gasteiger partial charge in [-0.3, -0.25) is 0 Å². The largest absolute Gasteiger partial charge is 0.507 e. The average molecular weight is 250 g/mol. The first-order chi connectivity index (χ1) is 8.58. The molecule has 3 N–H and O–H groups in total. The summed E-state index contributed by atoms with van der Waals surface area (Å²) >= 11 is 0. The van der Waals surface area contributed by atoms with Gasteiger partial charge in [0.25, 0.3) is 0 Å². The first-order valence-electron chi connectivity index (χ1n) is 6.50. The molecule has 1 aromatic carbocycles. The summed E-state index contributed by atoms with van der Waals surface area (Å²) in [5.74, 6) is 0.961. The molecular formula is C14H22N2O2. The summed E-state index contributed by atoms with van der Waals surface area (Å²) in [6.45, 7) is 5.15. The Morgan fingerprint density at radius 2 is 2.06 bits per heavy atom. The summed E-state index contributed by atoms with van der Waals surface area (Å²) in [5, 5.41) is 23.0. The van der Waals surface area contributed by atoms with Crippen LogP contribution in [0, 0.1) is 5.92 Å². The lowest BCUT2D eigenvalue weighted by Crippen LogP contribution is -2.27. The molecule has 0 radical (unpaired) electrons. The minimum atomic E-state index is -0.0443. The topological polar surface area (TPSA) is 55.7 Å². The van der Waals surface area contributed by atoms with Gasteiger partial charge in [-0.1, -0.05) is 6.07 Å². The summed E-state index contributed by atoms with van der Waals surface area (Å²) in [4.78, 5) is 2.33. The van der Waals surface area contributed by atoms with Crippen molar-refractivity contribution in [3.8, 4) is 11.5 Å². The van der Waals surface area contributed by atoms with E-state index in [-0.39, 0.29) is 17.5 Å². The third-order valence-electron chi connectivity index (χ3n) is 3.69. The van der Waals surface area contributed by atoms with Crippen LogP contribution in [0.15, 0.2) is 18.2 Å². The number of hydrogen-bond donors (Lipinski definition) is 3. The molecule has 0 amide bonds. The second-order valence-electron chi connectivity index (χ2n) is 5.26. The highest BCUT2D eigenvalue weighted by molar-refractivity contribution is 5.44. The molecule has 2 unspecified atom stereocenters. The quantitative estimate of drug-likeness (QED) is 0.761. The van der Waals surface area contributed by atoms with Crippen LogP contribution in [0.5, 0.6) is 11.5 Å². The van der Waals surface area contributed by atoms with Gasteiger partial charge in [0.2, 0.25) is 0 Å². The number of hydrogen-bond acceptors (Lipinski definition) is 4. The van der Waals surface area contributed by atoms with Gasteiger partial charge in [-0.15, -0.1) is 0 Å². The zero-order valence-electron chi connectivity index (χ0n) is 11.1. The predicted octanol–water partition coefficient (Wildman–Crippen LogP) is 1.70. The molecule has 1 saturated heterocycles. The monoisotopic (exact) mass is 250 g/mol. The van der Waals surface area contributed by atoms with E-state index >= 15 is 0 Å². The number of nitrogens with zero attached hydrogens (tertiary/aromatic N) is 1. The van der Waals surface area contributed by atoms with Gasteiger partial charge in [0, 0.05) is 12.6 Å². The number of nitrogens with one attached hydrogen (secondary N) is 1. The fraction of sp³-hybridized carbons (Fsp3) is 0.571. The Bertz CT molecular complexity index is 389. The van der Waals surface area contributed by atoms with Gasteiger partial charge in [0.05, 0.1) is 5.56 Å². The lowest BCUT2D eigenvalue weighted by atomic mass is 10.0. The van der Waals surface area contributed by atoms with E-state index in [1.54, 1.807) is 18.2 Å². The highest BCUT2D eigenvalue weighted by atomic mass is 16.3. The Morgan fingerprint density at radius 1 is 1.39 bits per heavy atom. The molecule has 0 spiro atoms. The third kappa shape index (κ3) is 2.94. The van der Waals surface area contributed by atoms with E-state index in [0.717, 1.165) is 19.6 Å². The van der Waals surface area contributed by atoms with Gasteiger partial charge in [-0.2, -0.15) is 0 Å². The molecule has 0 aliphatic carbocycles. The van der Waals surface area contributed by atoms with Gasteiger partial charge in [-0.25, -0.2) is 0 Å². The molecule has 2 atom stereocenters. The number of aromatic hydroxyl groups is 2. The number of phenolic OH excluding ortho intramolecular Hbond substituents is 2. The van der Waals surface area contributed by atoms with E-state index in [1.807, 2.05) is 6.92 Å². The van der Waals surface area contributed by atoms with Crippen LogP contribution in [-0.4, -0.2) is 41.8 Å². The number of phenols is 2. The van der Waals surface area contributed by atoms with Crippen LogP contribution >= 0.6 is 0 Å². The zero-order chi connectivity index (χ0) is 13.1. The van der Waals surface area contributed by atoms with Crippen LogP contribution in [0.2, 0.25) is 0 Å². The molecular weight excluding hydrogens is 228 g/mol. The SMILES string of the molecule is CC(NCC1CCN(C)C1)c1c(O)cccc1O. The normalized spacial score (nSPS) is 22.2. The Morgan fingerprint density at radius 3 is 2.61 bits per heavy atom. The Kier molecular flexibility index (Phi) is 4.09. The minimum Gasteiger partial charge on any atom is -0.507 e. The van der Waals surface area contributed by atoms with Crippen LogP contribution < -0.4 is 5.32 Å². The van der Waals surface area contributed by atoms with E-state index < -0.39 is 0 Å². The minimum absolute atomic E-state index is 0.0443. The van der Waals surface area contributed by atoms with Crippen LogP contribution in [-0.2, 0) is 0 Å². The molecule has 1 heterocycles. The summed E-state index contributed by atoms with van der Waals surface area (Å²) < 4.78 is 0. The predicted molar refractivity (Wildman–Crippen MR) is 71.8 cm³/mol. The lowest BCUT2D eigenvalue weighted by molar-refractivity contribution is 0.375. The van der Waals surface area contributed by atoms with Gasteiger partial charge >= 0.3 is 0 Å². The maximum absolute atomic E-state index is 9.79. The third-order valence-corrected chi connectivity index (χ3v) is 3.69. The van der Waals surface area contributed by atoms with Gasteiger partial charge in [0.1, 0.15) is 11.5 Å². The van der Waals surface area contributed by atoms with Crippen LogP contribution in [0.3, 0.4) is 0 Å². The Labute approximate surface area is 108 Å². The lowest BCUT2D eigenvalue weighted by Gasteiger charge is -2.19. The van der Waals surface area contributed by atoms with Crippen LogP contribution in [0.25, 0.3) is 0 Å². The van der Waals surface area contributed by atoms with Gasteiger partial charge in [0.15, 0.2) is 0 Å². The summed E-state index contributed by atoms with van der Waals surface area (Å²) in [5.41, 5.74) is 0.587. The zero-order valence-corrected chi connectivity index (χ0v) is 11.1. The van der Waals surface area contributed by atoms with E-state index in [1.165, 1.54) is 6.42 Å². The Hall–Kier alpha value is -1.26. The Balaban J connectivity index is 1.93. The van der Waals surface area contributed by atoms with Crippen molar-refractivity contribution in [2.45, 2.75) is 19.4 Å². The molecule has 1 fully saturated rings. The number of likely N-dealkylation sites (tertiary alicyclic amines) is 1. The van der Waals surface area contributed by atoms with E-state index in [2.05, 4.69) is 17.3 Å². The second kappa shape index (κ2) is 5.59. The van der Waals surface area contributed by atoms with Crippen molar-refractivity contribution in [3.63, 3.8) is 0 Å². The molecule has 4 nitrogen and oxygen atoms in total. The van der Waals surface area contributed by atoms with Crippen LogP contribution in [0.4, 0.5) is 0 Å². The van der Waals surface area contributed by atoms with Crippen molar-refractivity contribution in [3.05, 3.63) is 23.8 Å². The fourth-order valence-corrected chi connectivity index (χ4v) is 2.62. The van der Waals surface area contributed by atoms with Crippen molar-refractivity contribution in [2.75, 3.05) is 26.7 Å². The molecule has 0 bridgehead atoms. The summed E-state index contributed by atoms with van der Waals surface area (Å²) in [7, 11) is 2.14. The average Bonchev–Trinajstić information content (AvgIpc) is 2.72. The maximum Gasteiger partial charge on any atom is 0.124 e. The van der Waals surface area contributed by atoms with Crippen molar-refractivity contribution in [2.24, 2.45) is 5.92 Å².